The van der Waals surface area contributed by atoms with Crippen LogP contribution in [0.5, 0.6) is 0 Å². The molecule has 1 fully saturated rings. The van der Waals surface area contributed by atoms with E-state index < -0.39 is 17.1 Å². The lowest BCUT2D eigenvalue weighted by Crippen LogP contribution is -2.52. The van der Waals surface area contributed by atoms with Gasteiger partial charge in [0.1, 0.15) is 0 Å². The highest BCUT2D eigenvalue weighted by Crippen LogP contribution is 2.41. The third kappa shape index (κ3) is 2.16. The van der Waals surface area contributed by atoms with Gasteiger partial charge in [0.2, 0.25) is 5.54 Å². The Labute approximate surface area is 94.1 Å². The Kier molecular flexibility index (Phi) is 3.23. The molecule has 92 valence electrons. The van der Waals surface area contributed by atoms with Crippen LogP contribution in [0, 0.1) is 16.0 Å². The largest absolute Gasteiger partial charge is 0.411 e. The zero-order chi connectivity index (χ0) is 12.6. The van der Waals surface area contributed by atoms with Gasteiger partial charge in [-0.2, -0.15) is 0 Å². The van der Waals surface area contributed by atoms with E-state index in [2.05, 4.69) is 5.16 Å². The Bertz CT molecular complexity index is 327. The summed E-state index contributed by atoms with van der Waals surface area (Å²) in [5.41, 5.74) is -1.73. The molecule has 6 heteroatoms. The van der Waals surface area contributed by atoms with E-state index in [-0.39, 0.29) is 11.3 Å². The molecule has 0 radical (unpaired) electrons. The zero-order valence-corrected chi connectivity index (χ0v) is 9.80. The monoisotopic (exact) mass is 230 g/mol. The van der Waals surface area contributed by atoms with Crippen molar-refractivity contribution in [2.24, 2.45) is 11.1 Å². The van der Waals surface area contributed by atoms with Gasteiger partial charge in [0.25, 0.3) is 0 Å². The highest BCUT2D eigenvalue weighted by molar-refractivity contribution is 5.85. The quantitative estimate of drug-likeness (QED) is 0.324. The maximum atomic E-state index is 11.0. The maximum absolute atomic E-state index is 11.0. The number of rotatable bonds is 2. The molecule has 1 saturated carbocycles. The molecule has 0 spiro atoms. The molecule has 0 amide bonds. The summed E-state index contributed by atoms with van der Waals surface area (Å²) < 4.78 is 0. The van der Waals surface area contributed by atoms with Crippen molar-refractivity contribution in [2.45, 2.75) is 51.2 Å². The van der Waals surface area contributed by atoms with Crippen molar-refractivity contribution in [3.63, 3.8) is 0 Å². The maximum Gasteiger partial charge on any atom is 0.220 e. The number of nitrogens with zero attached hydrogens (tertiary/aromatic N) is 2. The first-order valence-electron chi connectivity index (χ1n) is 5.28. The van der Waals surface area contributed by atoms with Crippen molar-refractivity contribution >= 4 is 5.71 Å². The van der Waals surface area contributed by atoms with Crippen LogP contribution >= 0.6 is 0 Å². The molecule has 1 rings (SSSR count). The second-order valence-corrected chi connectivity index (χ2v) is 5.11. The van der Waals surface area contributed by atoms with E-state index in [1.807, 2.05) is 0 Å². The molecular formula is C10H18N2O4. The van der Waals surface area contributed by atoms with E-state index in [0.717, 1.165) is 0 Å². The molecule has 0 saturated heterocycles. The molecule has 0 aromatic rings. The number of nitro groups is 1. The van der Waals surface area contributed by atoms with Gasteiger partial charge in [0.05, 0.1) is 11.3 Å². The van der Waals surface area contributed by atoms with Crippen molar-refractivity contribution in [3.05, 3.63) is 10.1 Å². The Morgan fingerprint density at radius 1 is 1.50 bits per heavy atom. The van der Waals surface area contributed by atoms with Crippen LogP contribution < -0.4 is 0 Å². The highest BCUT2D eigenvalue weighted by atomic mass is 16.6. The molecule has 3 atom stereocenters. The summed E-state index contributed by atoms with van der Waals surface area (Å²) in [7, 11) is 0. The molecular weight excluding hydrogens is 212 g/mol. The van der Waals surface area contributed by atoms with Gasteiger partial charge in [0, 0.05) is 30.6 Å². The molecule has 2 N–H and O–H groups in total. The summed E-state index contributed by atoms with van der Waals surface area (Å²) in [4.78, 5) is 10.7. The fourth-order valence-electron chi connectivity index (χ4n) is 2.29. The fraction of sp³-hybridized carbons (Fsp3) is 0.900. The average Bonchev–Trinajstić information content (AvgIpc) is 2.20. The predicted octanol–water partition coefficient (Wildman–Crippen LogP) is 1.42. The topological polar surface area (TPSA) is 96.0 Å². The zero-order valence-electron chi connectivity index (χ0n) is 9.80. The van der Waals surface area contributed by atoms with Crippen LogP contribution in [0.2, 0.25) is 0 Å². The lowest BCUT2D eigenvalue weighted by atomic mass is 9.67. The molecule has 3 unspecified atom stereocenters. The second kappa shape index (κ2) is 4.01. The van der Waals surface area contributed by atoms with Crippen LogP contribution in [0.3, 0.4) is 0 Å². The summed E-state index contributed by atoms with van der Waals surface area (Å²) in [6.45, 7) is 4.77. The van der Waals surface area contributed by atoms with Gasteiger partial charge in [-0.15, -0.1) is 0 Å². The van der Waals surface area contributed by atoms with Crippen molar-refractivity contribution in [1.29, 1.82) is 0 Å². The lowest BCUT2D eigenvalue weighted by molar-refractivity contribution is -0.573. The van der Waals surface area contributed by atoms with E-state index in [1.54, 1.807) is 20.8 Å². The lowest BCUT2D eigenvalue weighted by Gasteiger charge is -2.41. The minimum Gasteiger partial charge on any atom is -0.411 e. The second-order valence-electron chi connectivity index (χ2n) is 5.11. The molecule has 0 heterocycles. The van der Waals surface area contributed by atoms with E-state index >= 15 is 0 Å². The van der Waals surface area contributed by atoms with Crippen LogP contribution in [0.4, 0.5) is 0 Å². The third-order valence-electron chi connectivity index (χ3n) is 3.67. The smallest absolute Gasteiger partial charge is 0.220 e. The summed E-state index contributed by atoms with van der Waals surface area (Å²) in [6.07, 6.45) is 0.868. The number of hydrogen-bond acceptors (Lipinski definition) is 5. The van der Waals surface area contributed by atoms with Crippen LogP contribution in [0.25, 0.3) is 0 Å². The van der Waals surface area contributed by atoms with Crippen molar-refractivity contribution in [3.8, 4) is 0 Å². The summed E-state index contributed by atoms with van der Waals surface area (Å²) in [5.74, 6) is -0.471. The van der Waals surface area contributed by atoms with Crippen LogP contribution in [0.15, 0.2) is 5.16 Å². The predicted molar refractivity (Wildman–Crippen MR) is 58.3 cm³/mol. The van der Waals surface area contributed by atoms with E-state index in [4.69, 9.17) is 5.21 Å². The SMILES string of the molecule is CC(=NO)C1CC(C)([N+](=O)[O-])CCC1(C)O. The van der Waals surface area contributed by atoms with Crippen LogP contribution in [0.1, 0.15) is 40.0 Å². The summed E-state index contributed by atoms with van der Waals surface area (Å²) in [5, 5.41) is 32.9. The minimum absolute atomic E-state index is 0.197. The van der Waals surface area contributed by atoms with Gasteiger partial charge in [-0.25, -0.2) is 0 Å². The molecule has 0 aromatic heterocycles. The third-order valence-corrected chi connectivity index (χ3v) is 3.67. The first kappa shape index (κ1) is 12.9. The Hall–Kier alpha value is -1.17. The normalized spacial score (nSPS) is 40.8. The molecule has 0 aliphatic heterocycles. The van der Waals surface area contributed by atoms with Gasteiger partial charge in [-0.3, -0.25) is 10.1 Å². The van der Waals surface area contributed by atoms with Gasteiger partial charge in [0.15, 0.2) is 0 Å². The van der Waals surface area contributed by atoms with Gasteiger partial charge in [-0.1, -0.05) is 5.16 Å². The van der Waals surface area contributed by atoms with Gasteiger partial charge >= 0.3 is 0 Å². The Morgan fingerprint density at radius 2 is 2.06 bits per heavy atom. The Balaban J connectivity index is 2.99. The number of oxime groups is 1. The molecule has 1 aliphatic rings. The van der Waals surface area contributed by atoms with E-state index in [1.165, 1.54) is 0 Å². The van der Waals surface area contributed by atoms with E-state index in [0.29, 0.717) is 18.6 Å². The molecule has 16 heavy (non-hydrogen) atoms. The minimum atomic E-state index is -1.04. The van der Waals surface area contributed by atoms with Crippen molar-refractivity contribution in [1.82, 2.24) is 0 Å². The first-order valence-corrected chi connectivity index (χ1v) is 5.28. The molecule has 6 nitrogen and oxygen atoms in total. The molecule has 0 aromatic carbocycles. The number of aliphatic hydroxyl groups is 1. The standard InChI is InChI=1S/C10H18N2O4/c1-7(11-14)8-6-9(2,12(15)16)4-5-10(8,3)13/h8,13-14H,4-6H2,1-3H3. The first-order chi connectivity index (χ1) is 7.23. The van der Waals surface area contributed by atoms with Gasteiger partial charge < -0.3 is 10.3 Å². The van der Waals surface area contributed by atoms with Crippen LogP contribution in [-0.2, 0) is 0 Å². The van der Waals surface area contributed by atoms with Crippen molar-refractivity contribution in [2.75, 3.05) is 0 Å². The van der Waals surface area contributed by atoms with Gasteiger partial charge in [-0.05, 0) is 20.3 Å². The fourth-order valence-corrected chi connectivity index (χ4v) is 2.29. The highest BCUT2D eigenvalue weighted by Gasteiger charge is 2.51. The van der Waals surface area contributed by atoms with Crippen LogP contribution in [-0.4, -0.2) is 32.1 Å². The molecule has 0 bridgehead atoms. The summed E-state index contributed by atoms with van der Waals surface area (Å²) >= 11 is 0. The molecule has 1 aliphatic carbocycles. The van der Waals surface area contributed by atoms with Crippen molar-refractivity contribution < 1.29 is 15.2 Å². The van der Waals surface area contributed by atoms with E-state index in [9.17, 15) is 15.2 Å². The Morgan fingerprint density at radius 3 is 2.50 bits per heavy atom. The average molecular weight is 230 g/mol. The number of hydrogen-bond donors (Lipinski definition) is 2. The summed E-state index contributed by atoms with van der Waals surface area (Å²) in [6, 6.07) is 0.